The predicted molar refractivity (Wildman–Crippen MR) is 169 cm³/mol. The number of pyridine rings is 1. The van der Waals surface area contributed by atoms with Crippen molar-refractivity contribution in [3.8, 4) is 11.3 Å². The van der Waals surface area contributed by atoms with Crippen LogP contribution in [0.15, 0.2) is 42.6 Å². The molecule has 1 aromatic carbocycles. The molecule has 3 N–H and O–H groups in total. The first-order chi connectivity index (χ1) is 21.0. The van der Waals surface area contributed by atoms with Crippen LogP contribution in [0, 0.1) is 5.82 Å². The summed E-state index contributed by atoms with van der Waals surface area (Å²) in [6.45, 7) is 10.9. The number of nitrogens with one attached hydrogen (secondary N) is 3. The molecule has 2 aliphatic rings. The van der Waals surface area contributed by atoms with E-state index in [4.69, 9.17) is 16.3 Å². The highest BCUT2D eigenvalue weighted by Crippen LogP contribution is 2.36. The molecular weight excluding hydrogens is 587 g/mol. The topological polar surface area (TPSA) is 125 Å². The zero-order valence-electron chi connectivity index (χ0n) is 25.3. The molecule has 11 nitrogen and oxygen atoms in total. The van der Waals surface area contributed by atoms with Gasteiger partial charge in [0.1, 0.15) is 17.7 Å². The minimum atomic E-state index is -0.519. The summed E-state index contributed by atoms with van der Waals surface area (Å²) in [5.41, 5.74) is 1.54. The van der Waals surface area contributed by atoms with Crippen LogP contribution in [0.5, 0.6) is 0 Å². The fourth-order valence-corrected chi connectivity index (χ4v) is 5.70. The van der Waals surface area contributed by atoms with E-state index in [1.807, 2.05) is 0 Å². The lowest BCUT2D eigenvalue weighted by Crippen LogP contribution is -2.54. The Morgan fingerprint density at radius 1 is 1.14 bits per heavy atom. The zero-order chi connectivity index (χ0) is 31.4. The summed E-state index contributed by atoms with van der Waals surface area (Å²) in [6, 6.07) is 9.56. The van der Waals surface area contributed by atoms with Crippen molar-refractivity contribution in [2.24, 2.45) is 0 Å². The maximum absolute atomic E-state index is 14.8. The number of amides is 1. The molecule has 234 valence electrons. The number of piperazine rings is 1. The van der Waals surface area contributed by atoms with Crippen LogP contribution < -0.4 is 20.9 Å². The Bertz CT molecular complexity index is 1500. The molecular formula is C31H38ClFN8O3. The summed E-state index contributed by atoms with van der Waals surface area (Å²) >= 11 is 6.15. The van der Waals surface area contributed by atoms with E-state index in [-0.39, 0.29) is 29.2 Å². The van der Waals surface area contributed by atoms with Crippen molar-refractivity contribution in [1.82, 2.24) is 25.4 Å². The fourth-order valence-electron chi connectivity index (χ4n) is 5.53. The van der Waals surface area contributed by atoms with Gasteiger partial charge in [-0.1, -0.05) is 11.6 Å². The highest BCUT2D eigenvalue weighted by molar-refractivity contribution is 6.30. The van der Waals surface area contributed by atoms with E-state index in [0.717, 1.165) is 13.1 Å². The number of carbonyl (C=O) groups excluding carboxylic acids is 2. The molecule has 4 heterocycles. The van der Waals surface area contributed by atoms with E-state index in [0.29, 0.717) is 66.0 Å². The van der Waals surface area contributed by atoms with E-state index in [2.05, 4.69) is 49.9 Å². The van der Waals surface area contributed by atoms with Crippen molar-refractivity contribution in [2.45, 2.75) is 64.8 Å². The van der Waals surface area contributed by atoms with E-state index < -0.39 is 11.9 Å². The van der Waals surface area contributed by atoms with Crippen molar-refractivity contribution in [3.05, 3.63) is 53.4 Å². The van der Waals surface area contributed by atoms with Crippen LogP contribution in [0.1, 0.15) is 40.5 Å². The molecule has 2 aromatic heterocycles. The standard InChI is InChI=1S/C31H38ClFN8O3/c1-18(2)44-31(43)27-8-12-41(27)30-26(15-25(38-39-30)23-13-21(32)5-6-24(23)33)36-22-7-10-34-28(14-22)37-29(42)9-11-40-16-19(3)35-20(4)17-40/h5-7,10,13-15,18-20,27,35H,8-9,11-12,16-17H2,1-4H3,(H2,34,36,37,38,42). The number of ether oxygens (including phenoxy) is 1. The van der Waals surface area contributed by atoms with Gasteiger partial charge in [-0.05, 0) is 64.4 Å². The number of esters is 1. The summed E-state index contributed by atoms with van der Waals surface area (Å²) in [6.07, 6.45) is 2.27. The molecule has 44 heavy (non-hydrogen) atoms. The number of benzene rings is 1. The average molecular weight is 625 g/mol. The third kappa shape index (κ3) is 7.79. The molecule has 0 bridgehead atoms. The van der Waals surface area contributed by atoms with Crippen molar-refractivity contribution in [3.63, 3.8) is 0 Å². The Morgan fingerprint density at radius 3 is 2.61 bits per heavy atom. The number of anilines is 4. The minimum Gasteiger partial charge on any atom is -0.461 e. The molecule has 2 aliphatic heterocycles. The van der Waals surface area contributed by atoms with Gasteiger partial charge in [-0.25, -0.2) is 14.2 Å². The predicted octanol–water partition coefficient (Wildman–Crippen LogP) is 4.62. The van der Waals surface area contributed by atoms with E-state index in [9.17, 15) is 14.0 Å². The normalized spacial score (nSPS) is 20.2. The zero-order valence-corrected chi connectivity index (χ0v) is 26.1. The average Bonchev–Trinajstić information content (AvgIpc) is 2.93. The van der Waals surface area contributed by atoms with Gasteiger partial charge in [0.15, 0.2) is 5.82 Å². The summed E-state index contributed by atoms with van der Waals surface area (Å²) in [5.74, 6) is -0.180. The molecule has 13 heteroatoms. The van der Waals surface area contributed by atoms with Gasteiger partial charge in [0.05, 0.1) is 17.5 Å². The number of hydrogen-bond acceptors (Lipinski definition) is 10. The Labute approximate surface area is 261 Å². The van der Waals surface area contributed by atoms with Crippen molar-refractivity contribution < 1.29 is 18.7 Å². The third-order valence-corrected chi connectivity index (χ3v) is 7.72. The lowest BCUT2D eigenvalue weighted by atomic mass is 10.0. The Hall–Kier alpha value is -3.87. The molecule has 0 spiro atoms. The van der Waals surface area contributed by atoms with Crippen LogP contribution in [0.25, 0.3) is 11.3 Å². The Morgan fingerprint density at radius 2 is 1.91 bits per heavy atom. The van der Waals surface area contributed by atoms with E-state index in [1.165, 1.54) is 18.2 Å². The van der Waals surface area contributed by atoms with Gasteiger partial charge in [-0.2, -0.15) is 0 Å². The van der Waals surface area contributed by atoms with Gasteiger partial charge in [-0.15, -0.1) is 10.2 Å². The molecule has 3 atom stereocenters. The third-order valence-electron chi connectivity index (χ3n) is 7.49. The van der Waals surface area contributed by atoms with Crippen molar-refractivity contribution in [1.29, 1.82) is 0 Å². The van der Waals surface area contributed by atoms with Crippen LogP contribution in [0.4, 0.5) is 27.4 Å². The van der Waals surface area contributed by atoms with Crippen LogP contribution in [-0.4, -0.2) is 82.4 Å². The van der Waals surface area contributed by atoms with Gasteiger partial charge in [0, 0.05) is 73.2 Å². The SMILES string of the molecule is CC1CN(CCC(=O)Nc2cc(Nc3cc(-c4cc(Cl)ccc4F)nnc3N3CCC3C(=O)OC(C)C)ccn2)CC(C)N1. The Kier molecular flexibility index (Phi) is 9.92. The minimum absolute atomic E-state index is 0.134. The molecule has 3 unspecified atom stereocenters. The van der Waals surface area contributed by atoms with Crippen LogP contribution in [0.3, 0.4) is 0 Å². The Balaban J connectivity index is 1.35. The maximum Gasteiger partial charge on any atom is 0.329 e. The summed E-state index contributed by atoms with van der Waals surface area (Å²) in [7, 11) is 0. The summed E-state index contributed by atoms with van der Waals surface area (Å²) in [4.78, 5) is 33.9. The van der Waals surface area contributed by atoms with Gasteiger partial charge >= 0.3 is 5.97 Å². The van der Waals surface area contributed by atoms with Crippen molar-refractivity contribution in [2.75, 3.05) is 41.7 Å². The number of hydrogen-bond donors (Lipinski definition) is 3. The van der Waals surface area contributed by atoms with Gasteiger partial charge < -0.3 is 25.6 Å². The quantitative estimate of drug-likeness (QED) is 0.275. The monoisotopic (exact) mass is 624 g/mol. The second-order valence-electron chi connectivity index (χ2n) is 11.7. The second-order valence-corrected chi connectivity index (χ2v) is 12.1. The summed E-state index contributed by atoms with van der Waals surface area (Å²) < 4.78 is 20.2. The van der Waals surface area contributed by atoms with Crippen molar-refractivity contribution >= 4 is 46.5 Å². The van der Waals surface area contributed by atoms with Gasteiger partial charge in [0.2, 0.25) is 5.91 Å². The van der Waals surface area contributed by atoms with E-state index in [1.54, 1.807) is 43.1 Å². The lowest BCUT2D eigenvalue weighted by molar-refractivity contribution is -0.150. The molecule has 5 rings (SSSR count). The first-order valence-corrected chi connectivity index (χ1v) is 15.2. The van der Waals surface area contributed by atoms with E-state index >= 15 is 0 Å². The summed E-state index contributed by atoms with van der Waals surface area (Å²) in [5, 5.41) is 18.7. The molecule has 0 aliphatic carbocycles. The molecule has 3 aromatic rings. The number of rotatable bonds is 10. The maximum atomic E-state index is 14.8. The smallest absolute Gasteiger partial charge is 0.329 e. The largest absolute Gasteiger partial charge is 0.461 e. The first-order valence-electron chi connectivity index (χ1n) is 14.9. The van der Waals surface area contributed by atoms with Crippen LogP contribution in [-0.2, 0) is 14.3 Å². The highest BCUT2D eigenvalue weighted by Gasteiger charge is 2.38. The first kappa shape index (κ1) is 31.6. The molecule has 0 saturated carbocycles. The fraction of sp³-hybridized carbons (Fsp3) is 0.452. The lowest BCUT2D eigenvalue weighted by Gasteiger charge is -2.40. The molecule has 1 amide bonds. The number of halogens is 2. The number of aromatic nitrogens is 3. The number of nitrogens with zero attached hydrogens (tertiary/aromatic N) is 5. The molecule has 2 fully saturated rings. The van der Waals surface area contributed by atoms with Crippen LogP contribution in [0.2, 0.25) is 5.02 Å². The number of carbonyl (C=O) groups is 2. The highest BCUT2D eigenvalue weighted by atomic mass is 35.5. The van der Waals surface area contributed by atoms with Gasteiger partial charge in [-0.3, -0.25) is 9.69 Å². The second kappa shape index (κ2) is 13.8. The molecule has 0 radical (unpaired) electrons. The van der Waals surface area contributed by atoms with Crippen LogP contribution >= 0.6 is 11.6 Å². The van der Waals surface area contributed by atoms with Gasteiger partial charge in [0.25, 0.3) is 0 Å². The molecule has 2 saturated heterocycles.